The average Bonchev–Trinajstić information content (AvgIpc) is 3.23. The van der Waals surface area contributed by atoms with Crippen LogP contribution in [0.25, 0.3) is 10.9 Å². The Morgan fingerprint density at radius 2 is 2.17 bits per heavy atom. The van der Waals surface area contributed by atoms with Crippen molar-refractivity contribution in [2.24, 2.45) is 0 Å². The maximum Gasteiger partial charge on any atom is 0.405 e. The van der Waals surface area contributed by atoms with Crippen LogP contribution >= 0.6 is 11.8 Å². The topological polar surface area (TPSA) is 66.0 Å². The molecule has 30 heavy (non-hydrogen) atoms. The minimum Gasteiger partial charge on any atom is -0.376 e. The number of amides is 1. The van der Waals surface area contributed by atoms with Crippen molar-refractivity contribution in [3.63, 3.8) is 0 Å². The van der Waals surface area contributed by atoms with Crippen molar-refractivity contribution in [3.05, 3.63) is 35.0 Å². The molecule has 5 nitrogen and oxygen atoms in total. The number of aromatic nitrogens is 1. The number of hydrogen-bond acceptors (Lipinski definition) is 5. The minimum absolute atomic E-state index is 0.205. The lowest BCUT2D eigenvalue weighted by Gasteiger charge is -2.17. The molecule has 0 aliphatic carbocycles. The van der Waals surface area contributed by atoms with Crippen molar-refractivity contribution in [1.82, 2.24) is 15.6 Å². The molecule has 2 heterocycles. The molecule has 0 saturated carbocycles. The van der Waals surface area contributed by atoms with E-state index in [-0.39, 0.29) is 11.9 Å². The SMILES string of the molecule is CCCCc1c(C(=O)NCC2CSCN2)nc2ccc(NCC(F)(F)F)cc2c1C. The van der Waals surface area contributed by atoms with E-state index in [1.807, 2.05) is 6.92 Å². The van der Waals surface area contributed by atoms with Gasteiger partial charge >= 0.3 is 6.18 Å². The van der Waals surface area contributed by atoms with Gasteiger partial charge in [-0.25, -0.2) is 4.98 Å². The molecule has 1 saturated heterocycles. The number of anilines is 1. The van der Waals surface area contributed by atoms with Gasteiger partial charge < -0.3 is 16.0 Å². The molecule has 1 aliphatic heterocycles. The highest BCUT2D eigenvalue weighted by molar-refractivity contribution is 7.99. The number of alkyl halides is 3. The summed E-state index contributed by atoms with van der Waals surface area (Å²) in [4.78, 5) is 17.5. The predicted molar refractivity (Wildman–Crippen MR) is 116 cm³/mol. The van der Waals surface area contributed by atoms with E-state index in [0.717, 1.165) is 41.0 Å². The van der Waals surface area contributed by atoms with Crippen LogP contribution in [0.15, 0.2) is 18.2 Å². The second-order valence-electron chi connectivity index (χ2n) is 7.49. The van der Waals surface area contributed by atoms with E-state index >= 15 is 0 Å². The van der Waals surface area contributed by atoms with Gasteiger partial charge in [0.1, 0.15) is 12.2 Å². The number of carbonyl (C=O) groups is 1. The number of hydrogen-bond donors (Lipinski definition) is 3. The van der Waals surface area contributed by atoms with Crippen molar-refractivity contribution >= 4 is 34.3 Å². The molecule has 3 rings (SSSR count). The largest absolute Gasteiger partial charge is 0.405 e. The molecule has 1 fully saturated rings. The summed E-state index contributed by atoms with van der Waals surface area (Å²) in [6.07, 6.45) is -1.72. The molecular weight excluding hydrogens is 413 g/mol. The highest BCUT2D eigenvalue weighted by Crippen LogP contribution is 2.28. The van der Waals surface area contributed by atoms with E-state index < -0.39 is 12.7 Å². The number of nitrogens with zero attached hydrogens (tertiary/aromatic N) is 1. The number of halogens is 3. The summed E-state index contributed by atoms with van der Waals surface area (Å²) < 4.78 is 37.6. The van der Waals surface area contributed by atoms with Crippen molar-refractivity contribution in [2.75, 3.05) is 30.0 Å². The van der Waals surface area contributed by atoms with Gasteiger partial charge in [0.05, 0.1) is 5.52 Å². The highest BCUT2D eigenvalue weighted by atomic mass is 32.2. The molecule has 164 valence electrons. The minimum atomic E-state index is -4.29. The lowest BCUT2D eigenvalue weighted by Crippen LogP contribution is -2.39. The molecule has 3 N–H and O–H groups in total. The Kier molecular flexibility index (Phi) is 7.46. The normalized spacial score (nSPS) is 16.8. The van der Waals surface area contributed by atoms with E-state index in [1.165, 1.54) is 0 Å². The van der Waals surface area contributed by atoms with Crippen LogP contribution in [0.5, 0.6) is 0 Å². The Balaban J connectivity index is 1.90. The summed E-state index contributed by atoms with van der Waals surface area (Å²) in [5, 5.41) is 9.48. The molecule has 1 aromatic carbocycles. The standard InChI is InChI=1S/C21H27F3N4OS/c1-3-4-5-16-13(2)17-8-14(26-11-21(22,23)24)6-7-18(17)28-19(16)20(29)25-9-15-10-30-12-27-15/h6-8,15,26-27H,3-5,9-12H2,1-2H3,(H,25,29). The number of fused-ring (bicyclic) bond motifs is 1. The number of benzene rings is 1. The van der Waals surface area contributed by atoms with Gasteiger partial charge in [-0.2, -0.15) is 13.2 Å². The molecule has 9 heteroatoms. The lowest BCUT2D eigenvalue weighted by molar-refractivity contribution is -0.115. The molecule has 1 unspecified atom stereocenters. The first-order chi connectivity index (χ1) is 14.3. The Morgan fingerprint density at radius 1 is 1.37 bits per heavy atom. The first kappa shape index (κ1) is 22.7. The first-order valence-corrected chi connectivity index (χ1v) is 11.3. The highest BCUT2D eigenvalue weighted by Gasteiger charge is 2.27. The average molecular weight is 441 g/mol. The fourth-order valence-corrected chi connectivity index (χ4v) is 4.48. The quantitative estimate of drug-likeness (QED) is 0.573. The van der Waals surface area contributed by atoms with Gasteiger partial charge in [-0.1, -0.05) is 13.3 Å². The van der Waals surface area contributed by atoms with Crippen molar-refractivity contribution in [3.8, 4) is 0 Å². The van der Waals surface area contributed by atoms with E-state index in [9.17, 15) is 18.0 Å². The maximum absolute atomic E-state index is 12.9. The Morgan fingerprint density at radius 3 is 2.83 bits per heavy atom. The fourth-order valence-electron chi connectivity index (χ4n) is 3.49. The number of nitrogens with one attached hydrogen (secondary N) is 3. The van der Waals surface area contributed by atoms with Crippen LogP contribution in [0.4, 0.5) is 18.9 Å². The zero-order chi connectivity index (χ0) is 21.7. The smallest absolute Gasteiger partial charge is 0.376 e. The summed E-state index contributed by atoms with van der Waals surface area (Å²) in [7, 11) is 0. The number of rotatable bonds is 8. The summed E-state index contributed by atoms with van der Waals surface area (Å²) >= 11 is 1.80. The molecule has 1 aromatic heterocycles. The molecule has 0 radical (unpaired) electrons. The third kappa shape index (κ3) is 5.78. The van der Waals surface area contributed by atoms with E-state index in [1.54, 1.807) is 30.0 Å². The second kappa shape index (κ2) is 9.87. The summed E-state index contributed by atoms with van der Waals surface area (Å²) in [5.74, 6) is 1.64. The van der Waals surface area contributed by atoms with Crippen LogP contribution in [-0.4, -0.2) is 47.8 Å². The monoisotopic (exact) mass is 440 g/mol. The van der Waals surface area contributed by atoms with Gasteiger partial charge in [0.15, 0.2) is 0 Å². The van der Waals surface area contributed by atoms with Crippen molar-refractivity contribution in [1.29, 1.82) is 0 Å². The van der Waals surface area contributed by atoms with Crippen LogP contribution < -0.4 is 16.0 Å². The summed E-state index contributed by atoms with van der Waals surface area (Å²) in [6, 6.07) is 5.16. The molecule has 1 aliphatic rings. The number of pyridine rings is 1. The van der Waals surface area contributed by atoms with Crippen LogP contribution in [-0.2, 0) is 6.42 Å². The van der Waals surface area contributed by atoms with Gasteiger partial charge in [-0.15, -0.1) is 11.8 Å². The maximum atomic E-state index is 12.9. The predicted octanol–water partition coefficient (Wildman–Crippen LogP) is 4.25. The third-order valence-corrected chi connectivity index (χ3v) is 6.17. The Labute approximate surface area is 178 Å². The van der Waals surface area contributed by atoms with Gasteiger partial charge in [-0.05, 0) is 49.1 Å². The third-order valence-electron chi connectivity index (χ3n) is 5.16. The lowest BCUT2D eigenvalue weighted by atomic mass is 9.96. The zero-order valence-corrected chi connectivity index (χ0v) is 18.0. The molecular formula is C21H27F3N4OS. The van der Waals surface area contributed by atoms with Crippen LogP contribution in [0.3, 0.4) is 0 Å². The van der Waals surface area contributed by atoms with Crippen LogP contribution in [0, 0.1) is 6.92 Å². The van der Waals surface area contributed by atoms with Crippen LogP contribution in [0.1, 0.15) is 41.4 Å². The number of unbranched alkanes of at least 4 members (excludes halogenated alkanes) is 1. The molecule has 0 bridgehead atoms. The van der Waals surface area contributed by atoms with Crippen molar-refractivity contribution < 1.29 is 18.0 Å². The van der Waals surface area contributed by atoms with Gasteiger partial charge in [0.25, 0.3) is 5.91 Å². The number of thioether (sulfide) groups is 1. The molecule has 2 aromatic rings. The molecule has 1 atom stereocenters. The van der Waals surface area contributed by atoms with E-state index in [0.29, 0.717) is 29.9 Å². The summed E-state index contributed by atoms with van der Waals surface area (Å²) in [6.45, 7) is 3.43. The molecule has 1 amide bonds. The van der Waals surface area contributed by atoms with E-state index in [4.69, 9.17) is 0 Å². The fraction of sp³-hybridized carbons (Fsp3) is 0.524. The number of carbonyl (C=O) groups excluding carboxylic acids is 1. The van der Waals surface area contributed by atoms with Crippen molar-refractivity contribution in [2.45, 2.75) is 45.3 Å². The Bertz CT molecular complexity index is 898. The van der Waals surface area contributed by atoms with Gasteiger partial charge in [-0.3, -0.25) is 4.79 Å². The molecule has 0 spiro atoms. The Hall–Kier alpha value is -2.00. The second-order valence-corrected chi connectivity index (χ2v) is 8.52. The number of aryl methyl sites for hydroxylation is 1. The first-order valence-electron chi connectivity index (χ1n) is 10.1. The zero-order valence-electron chi connectivity index (χ0n) is 17.2. The van der Waals surface area contributed by atoms with E-state index in [2.05, 4.69) is 27.9 Å². The van der Waals surface area contributed by atoms with Crippen LogP contribution in [0.2, 0.25) is 0 Å². The van der Waals surface area contributed by atoms with Gasteiger partial charge in [0, 0.05) is 35.3 Å². The van der Waals surface area contributed by atoms with Gasteiger partial charge in [0.2, 0.25) is 0 Å². The summed E-state index contributed by atoms with van der Waals surface area (Å²) in [5.41, 5.74) is 3.15.